The summed E-state index contributed by atoms with van der Waals surface area (Å²) in [4.78, 5) is 4.55. The largest absolute Gasteiger partial charge is 0.229 e. The first-order chi connectivity index (χ1) is 9.19. The van der Waals surface area contributed by atoms with Crippen molar-refractivity contribution in [1.29, 1.82) is 5.26 Å². The monoisotopic (exact) mass is 266 g/mol. The molecule has 0 radical (unpaired) electrons. The van der Waals surface area contributed by atoms with Crippen LogP contribution in [0.4, 0.5) is 0 Å². The lowest BCUT2D eigenvalue weighted by molar-refractivity contribution is 0.942. The number of hydrogen-bond donors (Lipinski definition) is 0. The molecule has 0 amide bonds. The Morgan fingerprint density at radius 2 is 2.00 bits per heavy atom. The van der Waals surface area contributed by atoms with Gasteiger partial charge in [0, 0.05) is 17.8 Å². The molecule has 0 bridgehead atoms. The molecule has 0 aliphatic rings. The summed E-state index contributed by atoms with van der Waals surface area (Å²) < 4.78 is 1.60. The fourth-order valence-electron chi connectivity index (χ4n) is 1.90. The van der Waals surface area contributed by atoms with E-state index in [-0.39, 0.29) is 0 Å². The molecule has 3 rings (SSSR count). The van der Waals surface area contributed by atoms with Gasteiger partial charge >= 0.3 is 0 Å². The number of halogens is 1. The summed E-state index contributed by atoms with van der Waals surface area (Å²) in [6.07, 6.45) is 1.73. The van der Waals surface area contributed by atoms with Crippen molar-refractivity contribution in [3.8, 4) is 17.3 Å². The quantitative estimate of drug-likeness (QED) is 0.491. The Bertz CT molecular complexity index is 802. The molecule has 0 N–H and O–H groups in total. The summed E-state index contributed by atoms with van der Waals surface area (Å²) in [5, 5.41) is 13.5. The van der Waals surface area contributed by atoms with Gasteiger partial charge in [0.05, 0.1) is 17.3 Å². The topological polar surface area (TPSA) is 54.0 Å². The Morgan fingerprint density at radius 3 is 2.68 bits per heavy atom. The van der Waals surface area contributed by atoms with Crippen molar-refractivity contribution < 1.29 is 0 Å². The number of nitriles is 1. The molecule has 1 aromatic carbocycles. The maximum absolute atomic E-state index is 8.79. The lowest BCUT2D eigenvalue weighted by atomic mass is 10.0. The van der Waals surface area contributed by atoms with Gasteiger partial charge in [-0.25, -0.2) is 9.50 Å². The van der Waals surface area contributed by atoms with Gasteiger partial charge in [0.1, 0.15) is 13.0 Å². The predicted molar refractivity (Wildman–Crippen MR) is 76.3 cm³/mol. The van der Waals surface area contributed by atoms with E-state index in [2.05, 4.69) is 16.2 Å². The maximum Gasteiger partial charge on any atom is 0.150 e. The van der Waals surface area contributed by atoms with Gasteiger partial charge < -0.3 is 0 Å². The molecule has 2 heterocycles. The average Bonchev–Trinajstić information content (AvgIpc) is 2.81. The van der Waals surface area contributed by atoms with Crippen molar-refractivity contribution in [2.45, 2.75) is 0 Å². The number of nitrogens with zero attached hydrogens (tertiary/aromatic N) is 4. The first kappa shape index (κ1) is 11.8. The standard InChI is InChI=1S/C13H8BClN4/c14-10-7-17-19-12(15)5-11(18-13(10)19)9-3-1-8(6-16)2-4-9/h1-5,7H,14H2. The predicted octanol–water partition coefficient (Wildman–Crippen LogP) is 1.18. The first-order valence-corrected chi connectivity index (χ1v) is 6.08. The second-order valence-electron chi connectivity index (χ2n) is 4.22. The SMILES string of the molecule is Bc1cnn2c(Cl)cc(-c3ccc(C#N)cc3)nc12. The smallest absolute Gasteiger partial charge is 0.150 e. The highest BCUT2D eigenvalue weighted by molar-refractivity contribution is 6.36. The molecular formula is C13H8BClN4. The molecule has 0 spiro atoms. The third-order valence-electron chi connectivity index (χ3n) is 2.91. The normalized spacial score (nSPS) is 10.5. The van der Waals surface area contributed by atoms with Gasteiger partial charge in [0.15, 0.2) is 5.65 Å². The van der Waals surface area contributed by atoms with Crippen LogP contribution in [-0.4, -0.2) is 22.4 Å². The molecule has 19 heavy (non-hydrogen) atoms. The average molecular weight is 266 g/mol. The third kappa shape index (κ3) is 1.96. The van der Waals surface area contributed by atoms with Crippen LogP contribution in [0.5, 0.6) is 0 Å². The minimum atomic E-state index is 0.512. The van der Waals surface area contributed by atoms with E-state index in [0.717, 1.165) is 22.4 Å². The first-order valence-electron chi connectivity index (χ1n) is 5.70. The Hall–Kier alpha value is -2.32. The minimum Gasteiger partial charge on any atom is -0.229 e. The highest BCUT2D eigenvalue weighted by Gasteiger charge is 2.09. The van der Waals surface area contributed by atoms with E-state index >= 15 is 0 Å². The Balaban J connectivity index is 2.19. The van der Waals surface area contributed by atoms with Crippen molar-refractivity contribution in [2.24, 2.45) is 0 Å². The van der Waals surface area contributed by atoms with Crippen molar-refractivity contribution >= 4 is 30.6 Å². The van der Waals surface area contributed by atoms with Crippen LogP contribution in [0.3, 0.4) is 0 Å². The van der Waals surface area contributed by atoms with Crippen LogP contribution in [0.1, 0.15) is 5.56 Å². The van der Waals surface area contributed by atoms with Gasteiger partial charge in [0.25, 0.3) is 0 Å². The molecule has 0 saturated carbocycles. The molecule has 0 unspecified atom stereocenters. The van der Waals surface area contributed by atoms with Crippen LogP contribution in [0, 0.1) is 11.3 Å². The second kappa shape index (κ2) is 4.41. The van der Waals surface area contributed by atoms with Crippen LogP contribution in [0.2, 0.25) is 5.15 Å². The molecule has 0 atom stereocenters. The zero-order valence-corrected chi connectivity index (χ0v) is 10.9. The van der Waals surface area contributed by atoms with E-state index in [4.69, 9.17) is 16.9 Å². The summed E-state index contributed by atoms with van der Waals surface area (Å²) in [6, 6.07) is 11.1. The Labute approximate surface area is 115 Å². The van der Waals surface area contributed by atoms with Crippen molar-refractivity contribution in [2.75, 3.05) is 0 Å². The molecular weight excluding hydrogens is 258 g/mol. The summed E-state index contributed by atoms with van der Waals surface area (Å²) in [6.45, 7) is 0. The van der Waals surface area contributed by atoms with Crippen molar-refractivity contribution in [1.82, 2.24) is 14.6 Å². The van der Waals surface area contributed by atoms with E-state index < -0.39 is 0 Å². The van der Waals surface area contributed by atoms with E-state index in [1.165, 1.54) is 0 Å². The minimum absolute atomic E-state index is 0.512. The summed E-state index contributed by atoms with van der Waals surface area (Å²) in [5.41, 5.74) is 4.02. The Kier molecular flexibility index (Phi) is 2.73. The van der Waals surface area contributed by atoms with Crippen LogP contribution in [0.15, 0.2) is 36.5 Å². The molecule has 2 aromatic heterocycles. The van der Waals surface area contributed by atoms with Gasteiger partial charge in [-0.05, 0) is 17.6 Å². The highest BCUT2D eigenvalue weighted by Crippen LogP contribution is 2.21. The van der Waals surface area contributed by atoms with Crippen LogP contribution < -0.4 is 5.46 Å². The summed E-state index contributed by atoms with van der Waals surface area (Å²) in [7, 11) is 1.94. The summed E-state index contributed by atoms with van der Waals surface area (Å²) >= 11 is 6.19. The number of benzene rings is 1. The van der Waals surface area contributed by atoms with E-state index in [9.17, 15) is 0 Å². The molecule has 0 aliphatic heterocycles. The van der Waals surface area contributed by atoms with E-state index in [1.807, 2.05) is 20.0 Å². The fraction of sp³-hybridized carbons (Fsp3) is 0. The van der Waals surface area contributed by atoms with Gasteiger partial charge in [-0.1, -0.05) is 23.7 Å². The summed E-state index contributed by atoms with van der Waals surface area (Å²) in [5.74, 6) is 0. The molecule has 3 aromatic rings. The highest BCUT2D eigenvalue weighted by atomic mass is 35.5. The maximum atomic E-state index is 8.79. The molecule has 0 fully saturated rings. The molecule has 0 aliphatic carbocycles. The lowest BCUT2D eigenvalue weighted by Crippen LogP contribution is -2.04. The van der Waals surface area contributed by atoms with Gasteiger partial charge in [-0.2, -0.15) is 10.4 Å². The number of rotatable bonds is 1. The van der Waals surface area contributed by atoms with Crippen LogP contribution in [-0.2, 0) is 0 Å². The second-order valence-corrected chi connectivity index (χ2v) is 4.60. The van der Waals surface area contributed by atoms with Gasteiger partial charge in [-0.15, -0.1) is 0 Å². The van der Waals surface area contributed by atoms with Gasteiger partial charge in [-0.3, -0.25) is 0 Å². The molecule has 0 saturated heterocycles. The zero-order chi connectivity index (χ0) is 13.4. The Morgan fingerprint density at radius 1 is 1.26 bits per heavy atom. The molecule has 90 valence electrons. The van der Waals surface area contributed by atoms with Crippen molar-refractivity contribution in [3.63, 3.8) is 0 Å². The zero-order valence-electron chi connectivity index (χ0n) is 10.1. The van der Waals surface area contributed by atoms with Crippen LogP contribution >= 0.6 is 11.6 Å². The fourth-order valence-corrected chi connectivity index (χ4v) is 2.13. The third-order valence-corrected chi connectivity index (χ3v) is 3.18. The van der Waals surface area contributed by atoms with Gasteiger partial charge in [0.2, 0.25) is 0 Å². The number of fused-ring (bicyclic) bond motifs is 1. The number of aromatic nitrogens is 3. The molecule has 6 heteroatoms. The number of hydrogen-bond acceptors (Lipinski definition) is 3. The molecule has 4 nitrogen and oxygen atoms in total. The van der Waals surface area contributed by atoms with Crippen LogP contribution in [0.25, 0.3) is 16.9 Å². The van der Waals surface area contributed by atoms with E-state index in [0.29, 0.717) is 10.7 Å². The van der Waals surface area contributed by atoms with E-state index in [1.54, 1.807) is 28.9 Å². The van der Waals surface area contributed by atoms with Crippen molar-refractivity contribution in [3.05, 3.63) is 47.2 Å². The lowest BCUT2D eigenvalue weighted by Gasteiger charge is -2.04.